The summed E-state index contributed by atoms with van der Waals surface area (Å²) in [6.07, 6.45) is 0. The quantitative estimate of drug-likeness (QED) is 0.549. The molecule has 0 saturated carbocycles. The van der Waals surface area contributed by atoms with Gasteiger partial charge in [0.25, 0.3) is 15.9 Å². The summed E-state index contributed by atoms with van der Waals surface area (Å²) in [5.41, 5.74) is 1.38. The molecule has 0 aromatic heterocycles. The minimum absolute atomic E-state index is 0.0179. The minimum Gasteiger partial charge on any atom is -0.497 e. The van der Waals surface area contributed by atoms with Gasteiger partial charge in [0, 0.05) is 11.4 Å². The van der Waals surface area contributed by atoms with Gasteiger partial charge in [-0.25, -0.2) is 12.8 Å². The third-order valence-corrected chi connectivity index (χ3v) is 5.66. The number of methoxy groups -OCH3 is 1. The summed E-state index contributed by atoms with van der Waals surface area (Å²) in [5, 5.41) is 2.70. The highest BCUT2D eigenvalue weighted by atomic mass is 32.2. The number of halogens is 1. The third-order valence-electron chi connectivity index (χ3n) is 4.29. The topological polar surface area (TPSA) is 93.7 Å². The number of nitrogens with one attached hydrogen (secondary N) is 2. The van der Waals surface area contributed by atoms with E-state index in [4.69, 9.17) is 9.47 Å². The zero-order valence-corrected chi connectivity index (χ0v) is 17.7. The highest BCUT2D eigenvalue weighted by molar-refractivity contribution is 7.92. The molecule has 7 nitrogen and oxygen atoms in total. The molecule has 0 spiro atoms. The van der Waals surface area contributed by atoms with Crippen molar-refractivity contribution >= 4 is 27.3 Å². The second kappa shape index (κ2) is 9.48. The summed E-state index contributed by atoms with van der Waals surface area (Å²) in [4.78, 5) is 12.1. The van der Waals surface area contributed by atoms with E-state index in [1.54, 1.807) is 38.3 Å². The predicted molar refractivity (Wildman–Crippen MR) is 116 cm³/mol. The molecule has 0 bridgehead atoms. The summed E-state index contributed by atoms with van der Waals surface area (Å²) in [5.74, 6) is 0.231. The number of sulfonamides is 1. The first-order valence-electron chi connectivity index (χ1n) is 9.22. The number of carbonyl (C=O) groups is 1. The molecule has 2 N–H and O–H groups in total. The lowest BCUT2D eigenvalue weighted by Crippen LogP contribution is -2.20. The maximum atomic E-state index is 13.0. The van der Waals surface area contributed by atoms with E-state index in [9.17, 15) is 17.6 Å². The molecule has 0 saturated heterocycles. The predicted octanol–water partition coefficient (Wildman–Crippen LogP) is 3.96. The van der Waals surface area contributed by atoms with Gasteiger partial charge in [0.1, 0.15) is 17.3 Å². The van der Waals surface area contributed by atoms with Crippen molar-refractivity contribution in [3.63, 3.8) is 0 Å². The molecule has 3 aromatic carbocycles. The highest BCUT2D eigenvalue weighted by Gasteiger charge is 2.16. The Balaban J connectivity index is 1.61. The lowest BCUT2D eigenvalue weighted by Gasteiger charge is -2.12. The van der Waals surface area contributed by atoms with E-state index in [1.807, 2.05) is 0 Å². The van der Waals surface area contributed by atoms with E-state index in [-0.39, 0.29) is 23.1 Å². The maximum Gasteiger partial charge on any atom is 0.262 e. The Morgan fingerprint density at radius 1 is 0.968 bits per heavy atom. The van der Waals surface area contributed by atoms with Gasteiger partial charge in [0.15, 0.2) is 6.61 Å². The van der Waals surface area contributed by atoms with Gasteiger partial charge in [-0.2, -0.15) is 0 Å². The molecule has 0 heterocycles. The molecule has 0 aliphatic heterocycles. The van der Waals surface area contributed by atoms with Crippen LogP contribution in [0.15, 0.2) is 71.6 Å². The average Bonchev–Trinajstić information content (AvgIpc) is 2.75. The molecule has 0 atom stereocenters. The molecule has 3 rings (SSSR count). The SMILES string of the molecule is COc1ccc(NC(=O)COc2ccc(S(=O)(=O)Nc3ccc(F)cc3)cc2C)cc1. The number of benzene rings is 3. The lowest BCUT2D eigenvalue weighted by molar-refractivity contribution is -0.118. The van der Waals surface area contributed by atoms with Gasteiger partial charge in [-0.05, 0) is 79.2 Å². The van der Waals surface area contributed by atoms with Crippen LogP contribution in [0.4, 0.5) is 15.8 Å². The van der Waals surface area contributed by atoms with Crippen molar-refractivity contribution in [2.75, 3.05) is 23.8 Å². The Morgan fingerprint density at radius 2 is 1.61 bits per heavy atom. The molecule has 0 radical (unpaired) electrons. The van der Waals surface area contributed by atoms with Crippen LogP contribution in [0.25, 0.3) is 0 Å². The van der Waals surface area contributed by atoms with Gasteiger partial charge in [0.2, 0.25) is 0 Å². The highest BCUT2D eigenvalue weighted by Crippen LogP contribution is 2.24. The van der Waals surface area contributed by atoms with Crippen LogP contribution in [0.3, 0.4) is 0 Å². The molecule has 0 aliphatic rings. The first-order chi connectivity index (χ1) is 14.8. The van der Waals surface area contributed by atoms with Crippen LogP contribution in [0.1, 0.15) is 5.56 Å². The molecule has 0 aliphatic carbocycles. The summed E-state index contributed by atoms with van der Waals surface area (Å²) >= 11 is 0. The Labute approximate surface area is 179 Å². The summed E-state index contributed by atoms with van der Waals surface area (Å²) < 4.78 is 51.1. The number of hydrogen-bond donors (Lipinski definition) is 2. The van der Waals surface area contributed by atoms with E-state index in [1.165, 1.54) is 30.3 Å². The number of rotatable bonds is 8. The molecule has 0 fully saturated rings. The van der Waals surface area contributed by atoms with Crippen LogP contribution >= 0.6 is 0 Å². The second-order valence-electron chi connectivity index (χ2n) is 6.61. The zero-order valence-electron chi connectivity index (χ0n) is 16.9. The van der Waals surface area contributed by atoms with Crippen LogP contribution in [0.5, 0.6) is 11.5 Å². The number of anilines is 2. The molecular formula is C22H21FN2O5S. The molecule has 9 heteroatoms. The van der Waals surface area contributed by atoms with Crippen molar-refractivity contribution in [2.24, 2.45) is 0 Å². The van der Waals surface area contributed by atoms with E-state index in [0.29, 0.717) is 22.7 Å². The number of ether oxygens (including phenoxy) is 2. The van der Waals surface area contributed by atoms with Gasteiger partial charge in [-0.15, -0.1) is 0 Å². The van der Waals surface area contributed by atoms with Crippen molar-refractivity contribution in [3.05, 3.63) is 78.1 Å². The maximum absolute atomic E-state index is 13.0. The number of carbonyl (C=O) groups excluding carboxylic acids is 1. The Kier molecular flexibility index (Phi) is 6.76. The Bertz CT molecular complexity index is 1160. The van der Waals surface area contributed by atoms with Crippen LogP contribution in [0.2, 0.25) is 0 Å². The molecule has 3 aromatic rings. The molecular weight excluding hydrogens is 423 g/mol. The summed E-state index contributed by atoms with van der Waals surface area (Å²) in [7, 11) is -2.31. The molecule has 1 amide bonds. The first kappa shape index (κ1) is 22.1. The monoisotopic (exact) mass is 444 g/mol. The minimum atomic E-state index is -3.86. The van der Waals surface area contributed by atoms with Crippen LogP contribution in [-0.2, 0) is 14.8 Å². The fourth-order valence-electron chi connectivity index (χ4n) is 2.70. The number of amides is 1. The van der Waals surface area contributed by atoms with Crippen molar-refractivity contribution in [3.8, 4) is 11.5 Å². The first-order valence-corrected chi connectivity index (χ1v) is 10.7. The van der Waals surface area contributed by atoms with Gasteiger partial charge in [-0.3, -0.25) is 9.52 Å². The van der Waals surface area contributed by atoms with Gasteiger partial charge in [0.05, 0.1) is 12.0 Å². The van der Waals surface area contributed by atoms with Crippen molar-refractivity contribution in [1.82, 2.24) is 0 Å². The van der Waals surface area contributed by atoms with E-state index >= 15 is 0 Å². The van der Waals surface area contributed by atoms with Crippen LogP contribution in [-0.4, -0.2) is 28.0 Å². The van der Waals surface area contributed by atoms with Crippen molar-refractivity contribution in [2.45, 2.75) is 11.8 Å². The Hall–Kier alpha value is -3.59. The lowest BCUT2D eigenvalue weighted by atomic mass is 10.2. The fraction of sp³-hybridized carbons (Fsp3) is 0.136. The summed E-state index contributed by atoms with van der Waals surface area (Å²) in [6.45, 7) is 1.43. The fourth-order valence-corrected chi connectivity index (χ4v) is 3.84. The van der Waals surface area contributed by atoms with Crippen molar-refractivity contribution < 1.29 is 27.1 Å². The van der Waals surface area contributed by atoms with Gasteiger partial charge < -0.3 is 14.8 Å². The van der Waals surface area contributed by atoms with Gasteiger partial charge >= 0.3 is 0 Å². The number of aryl methyl sites for hydroxylation is 1. The smallest absolute Gasteiger partial charge is 0.262 e. The molecule has 31 heavy (non-hydrogen) atoms. The largest absolute Gasteiger partial charge is 0.497 e. The molecule has 162 valence electrons. The molecule has 0 unspecified atom stereocenters. The van der Waals surface area contributed by atoms with Crippen LogP contribution < -0.4 is 19.5 Å². The van der Waals surface area contributed by atoms with Crippen molar-refractivity contribution in [1.29, 1.82) is 0 Å². The van der Waals surface area contributed by atoms with Gasteiger partial charge in [-0.1, -0.05) is 0 Å². The normalized spacial score (nSPS) is 10.9. The van der Waals surface area contributed by atoms with E-state index < -0.39 is 15.8 Å². The van der Waals surface area contributed by atoms with E-state index in [0.717, 1.165) is 12.1 Å². The standard InChI is InChI=1S/C22H21FN2O5S/c1-15-13-20(31(27,28)25-18-5-3-16(23)4-6-18)11-12-21(15)30-14-22(26)24-17-7-9-19(29-2)10-8-17/h3-13,25H,14H2,1-2H3,(H,24,26). The second-order valence-corrected chi connectivity index (χ2v) is 8.29. The number of hydrogen-bond acceptors (Lipinski definition) is 5. The van der Waals surface area contributed by atoms with Crippen LogP contribution in [0, 0.1) is 12.7 Å². The zero-order chi connectivity index (χ0) is 22.4. The average molecular weight is 444 g/mol. The Morgan fingerprint density at radius 3 is 2.23 bits per heavy atom. The van der Waals surface area contributed by atoms with E-state index in [2.05, 4.69) is 10.0 Å². The summed E-state index contributed by atoms with van der Waals surface area (Å²) in [6, 6.07) is 16.1. The third kappa shape index (κ3) is 5.95.